The van der Waals surface area contributed by atoms with Gasteiger partial charge in [-0.15, -0.1) is 0 Å². The highest BCUT2D eigenvalue weighted by atomic mass is 16.4. The fourth-order valence-corrected chi connectivity index (χ4v) is 2.37. The second-order valence-corrected chi connectivity index (χ2v) is 5.02. The van der Waals surface area contributed by atoms with Crippen LogP contribution in [0.5, 0.6) is 0 Å². The smallest absolute Gasteiger partial charge is 0.304 e. The molecule has 1 unspecified atom stereocenters. The van der Waals surface area contributed by atoms with Crippen molar-refractivity contribution in [3.05, 3.63) is 35.4 Å². The maximum atomic E-state index is 10.7. The molecule has 0 fully saturated rings. The minimum Gasteiger partial charge on any atom is -0.481 e. The van der Waals surface area contributed by atoms with Crippen LogP contribution in [0.25, 0.3) is 0 Å². The van der Waals surface area contributed by atoms with Gasteiger partial charge in [0, 0.05) is 12.6 Å². The van der Waals surface area contributed by atoms with Crippen LogP contribution in [0.15, 0.2) is 24.3 Å². The second kappa shape index (κ2) is 7.95. The van der Waals surface area contributed by atoms with Gasteiger partial charge in [0.1, 0.15) is 0 Å². The van der Waals surface area contributed by atoms with Gasteiger partial charge < -0.3 is 5.11 Å². The zero-order valence-electron chi connectivity index (χ0n) is 12.2. The summed E-state index contributed by atoms with van der Waals surface area (Å²) in [6, 6.07) is 9.03. The molecule has 1 rings (SSSR count). The first-order valence-electron chi connectivity index (χ1n) is 7.08. The van der Waals surface area contributed by atoms with Crippen LogP contribution >= 0.6 is 0 Å². The normalized spacial score (nSPS) is 12.6. The van der Waals surface area contributed by atoms with Gasteiger partial charge in [0.15, 0.2) is 0 Å². The van der Waals surface area contributed by atoms with Crippen molar-refractivity contribution in [2.75, 3.05) is 13.1 Å². The highest BCUT2D eigenvalue weighted by Crippen LogP contribution is 2.13. The number of carboxylic acid groups (broad SMARTS) is 1. The summed E-state index contributed by atoms with van der Waals surface area (Å²) in [5.74, 6) is -0.719. The van der Waals surface area contributed by atoms with Crippen molar-refractivity contribution in [1.82, 2.24) is 4.90 Å². The van der Waals surface area contributed by atoms with Gasteiger partial charge >= 0.3 is 5.97 Å². The van der Waals surface area contributed by atoms with Crippen LogP contribution < -0.4 is 0 Å². The Morgan fingerprint density at radius 2 is 1.89 bits per heavy atom. The van der Waals surface area contributed by atoms with E-state index in [-0.39, 0.29) is 6.42 Å². The highest BCUT2D eigenvalue weighted by Gasteiger charge is 2.16. The molecule has 1 aromatic carbocycles. The Labute approximate surface area is 116 Å². The van der Waals surface area contributed by atoms with Crippen molar-refractivity contribution < 1.29 is 9.90 Å². The van der Waals surface area contributed by atoms with Crippen molar-refractivity contribution in [2.45, 2.75) is 46.1 Å². The standard InChI is InChI=1S/C16H25NO2/c1-4-15(17(5-2)11-10-16(18)19)12-14-8-6-13(3)7-9-14/h6-9,15H,4-5,10-12H2,1-3H3,(H,18,19). The van der Waals surface area contributed by atoms with E-state index < -0.39 is 5.97 Å². The predicted octanol–water partition coefficient (Wildman–Crippen LogP) is 3.11. The van der Waals surface area contributed by atoms with Crippen LogP contribution in [-0.2, 0) is 11.2 Å². The molecule has 0 aliphatic heterocycles. The third-order valence-electron chi connectivity index (χ3n) is 3.60. The number of carboxylic acids is 1. The summed E-state index contributed by atoms with van der Waals surface area (Å²) in [5, 5.41) is 8.81. The number of aryl methyl sites for hydroxylation is 1. The SMILES string of the molecule is CCC(Cc1ccc(C)cc1)N(CC)CCC(=O)O. The van der Waals surface area contributed by atoms with E-state index in [1.807, 2.05) is 0 Å². The minimum atomic E-state index is -0.719. The Hall–Kier alpha value is -1.35. The molecule has 0 aliphatic rings. The fraction of sp³-hybridized carbons (Fsp3) is 0.562. The Balaban J connectivity index is 2.63. The molecular weight excluding hydrogens is 238 g/mol. The molecular formula is C16H25NO2. The highest BCUT2D eigenvalue weighted by molar-refractivity contribution is 5.66. The third-order valence-corrected chi connectivity index (χ3v) is 3.60. The third kappa shape index (κ3) is 5.43. The summed E-state index contributed by atoms with van der Waals surface area (Å²) in [5.41, 5.74) is 2.60. The lowest BCUT2D eigenvalue weighted by Crippen LogP contribution is -2.37. The molecule has 3 nitrogen and oxygen atoms in total. The number of likely N-dealkylation sites (N-methyl/N-ethyl adjacent to an activating group) is 1. The van der Waals surface area contributed by atoms with Gasteiger partial charge in [-0.25, -0.2) is 0 Å². The van der Waals surface area contributed by atoms with E-state index in [9.17, 15) is 4.79 Å². The summed E-state index contributed by atoms with van der Waals surface area (Å²) < 4.78 is 0. The molecule has 0 saturated heterocycles. The van der Waals surface area contributed by atoms with Crippen molar-refractivity contribution in [3.63, 3.8) is 0 Å². The molecule has 0 saturated carbocycles. The van der Waals surface area contributed by atoms with Gasteiger partial charge in [0.2, 0.25) is 0 Å². The van der Waals surface area contributed by atoms with Crippen LogP contribution in [0, 0.1) is 6.92 Å². The molecule has 0 aliphatic carbocycles. The summed E-state index contributed by atoms with van der Waals surface area (Å²) in [4.78, 5) is 13.0. The van der Waals surface area contributed by atoms with Crippen molar-refractivity contribution in [1.29, 1.82) is 0 Å². The van der Waals surface area contributed by atoms with Crippen LogP contribution in [-0.4, -0.2) is 35.1 Å². The molecule has 0 heterocycles. The summed E-state index contributed by atoms with van der Waals surface area (Å²) in [6.07, 6.45) is 2.25. The van der Waals surface area contributed by atoms with E-state index in [2.05, 4.69) is 49.9 Å². The average Bonchev–Trinajstić information content (AvgIpc) is 2.40. The first-order chi connectivity index (χ1) is 9.06. The average molecular weight is 263 g/mol. The molecule has 0 amide bonds. The number of hydrogen-bond donors (Lipinski definition) is 1. The predicted molar refractivity (Wildman–Crippen MR) is 78.5 cm³/mol. The zero-order chi connectivity index (χ0) is 14.3. The lowest BCUT2D eigenvalue weighted by Gasteiger charge is -2.29. The van der Waals surface area contributed by atoms with Crippen LogP contribution in [0.2, 0.25) is 0 Å². The lowest BCUT2D eigenvalue weighted by atomic mass is 10.0. The van der Waals surface area contributed by atoms with Crippen molar-refractivity contribution in [2.24, 2.45) is 0 Å². The van der Waals surface area contributed by atoms with Gasteiger partial charge in [0.05, 0.1) is 6.42 Å². The van der Waals surface area contributed by atoms with E-state index in [0.717, 1.165) is 19.4 Å². The summed E-state index contributed by atoms with van der Waals surface area (Å²) >= 11 is 0. The molecule has 106 valence electrons. The van der Waals surface area contributed by atoms with Gasteiger partial charge in [-0.1, -0.05) is 43.7 Å². The van der Waals surface area contributed by atoms with Crippen LogP contribution in [0.4, 0.5) is 0 Å². The maximum Gasteiger partial charge on any atom is 0.304 e. The van der Waals surface area contributed by atoms with Gasteiger partial charge in [0.25, 0.3) is 0 Å². The molecule has 19 heavy (non-hydrogen) atoms. The molecule has 1 N–H and O–H groups in total. The lowest BCUT2D eigenvalue weighted by molar-refractivity contribution is -0.137. The van der Waals surface area contributed by atoms with E-state index in [1.165, 1.54) is 11.1 Å². The monoisotopic (exact) mass is 263 g/mol. The van der Waals surface area contributed by atoms with E-state index in [0.29, 0.717) is 12.6 Å². The molecule has 3 heteroatoms. The van der Waals surface area contributed by atoms with E-state index in [1.54, 1.807) is 0 Å². The molecule has 0 radical (unpaired) electrons. The van der Waals surface area contributed by atoms with Gasteiger partial charge in [-0.2, -0.15) is 0 Å². The fourth-order valence-electron chi connectivity index (χ4n) is 2.37. The Morgan fingerprint density at radius 3 is 2.37 bits per heavy atom. The Bertz CT molecular complexity index is 386. The van der Waals surface area contributed by atoms with Crippen molar-refractivity contribution >= 4 is 5.97 Å². The topological polar surface area (TPSA) is 40.5 Å². The largest absolute Gasteiger partial charge is 0.481 e. The summed E-state index contributed by atoms with van der Waals surface area (Å²) in [7, 11) is 0. The Morgan fingerprint density at radius 1 is 1.26 bits per heavy atom. The molecule has 0 spiro atoms. The molecule has 1 aromatic rings. The maximum absolute atomic E-state index is 10.7. The summed E-state index contributed by atoms with van der Waals surface area (Å²) in [6.45, 7) is 7.89. The van der Waals surface area contributed by atoms with Crippen LogP contribution in [0.1, 0.15) is 37.8 Å². The quantitative estimate of drug-likeness (QED) is 0.783. The number of aliphatic carboxylic acids is 1. The zero-order valence-corrected chi connectivity index (χ0v) is 12.2. The first-order valence-corrected chi connectivity index (χ1v) is 7.08. The van der Waals surface area contributed by atoms with E-state index in [4.69, 9.17) is 5.11 Å². The van der Waals surface area contributed by atoms with Gasteiger partial charge in [-0.05, 0) is 31.9 Å². The number of hydrogen-bond acceptors (Lipinski definition) is 2. The first kappa shape index (κ1) is 15.7. The molecule has 0 aromatic heterocycles. The van der Waals surface area contributed by atoms with Gasteiger partial charge in [-0.3, -0.25) is 9.69 Å². The number of nitrogens with zero attached hydrogens (tertiary/aromatic N) is 1. The van der Waals surface area contributed by atoms with Crippen molar-refractivity contribution in [3.8, 4) is 0 Å². The van der Waals surface area contributed by atoms with Crippen LogP contribution in [0.3, 0.4) is 0 Å². The number of carbonyl (C=O) groups is 1. The number of rotatable bonds is 8. The second-order valence-electron chi connectivity index (χ2n) is 5.02. The molecule has 1 atom stereocenters. The minimum absolute atomic E-state index is 0.220. The molecule has 0 bridgehead atoms. The van der Waals surface area contributed by atoms with E-state index >= 15 is 0 Å². The Kier molecular flexibility index (Phi) is 6.57. The number of benzene rings is 1.